The van der Waals surface area contributed by atoms with Crippen molar-refractivity contribution in [2.45, 2.75) is 38.3 Å². The topological polar surface area (TPSA) is 29.9 Å². The zero-order valence-corrected chi connectivity index (χ0v) is 9.72. The second-order valence-corrected chi connectivity index (χ2v) is 5.07. The van der Waals surface area contributed by atoms with Gasteiger partial charge in [0.2, 0.25) is 0 Å². The highest BCUT2D eigenvalue weighted by atomic mass is 32.1. The Balaban J connectivity index is 1.91. The summed E-state index contributed by atoms with van der Waals surface area (Å²) in [7, 11) is 0. The van der Waals surface area contributed by atoms with Crippen LogP contribution >= 0.6 is 12.2 Å². The molecule has 1 aromatic heterocycles. The van der Waals surface area contributed by atoms with Crippen molar-refractivity contribution >= 4 is 12.2 Å². The molecule has 0 aromatic carbocycles. The van der Waals surface area contributed by atoms with Crippen molar-refractivity contribution in [2.24, 2.45) is 5.92 Å². The Bertz CT molecular complexity index is 418. The van der Waals surface area contributed by atoms with Crippen LogP contribution in [0.25, 0.3) is 0 Å². The van der Waals surface area contributed by atoms with Gasteiger partial charge in [0.25, 0.3) is 0 Å². The summed E-state index contributed by atoms with van der Waals surface area (Å²) in [5, 5.41) is 0. The van der Waals surface area contributed by atoms with Crippen molar-refractivity contribution < 1.29 is 4.74 Å². The van der Waals surface area contributed by atoms with Crippen molar-refractivity contribution in [1.29, 1.82) is 0 Å². The number of aromatic amines is 1. The summed E-state index contributed by atoms with van der Waals surface area (Å²) >= 11 is 5.32. The van der Waals surface area contributed by atoms with Crippen LogP contribution in [0, 0.1) is 17.6 Å². The molecule has 2 unspecified atom stereocenters. The van der Waals surface area contributed by atoms with Crippen molar-refractivity contribution in [3.05, 3.63) is 16.7 Å². The van der Waals surface area contributed by atoms with E-state index in [1.807, 2.05) is 6.92 Å². The van der Waals surface area contributed by atoms with E-state index in [2.05, 4.69) is 15.7 Å². The second-order valence-electron chi connectivity index (χ2n) is 4.68. The van der Waals surface area contributed by atoms with Crippen LogP contribution in [0.15, 0.2) is 6.20 Å². The molecule has 0 radical (unpaired) electrons. The van der Waals surface area contributed by atoms with Gasteiger partial charge in [-0.3, -0.25) is 0 Å². The van der Waals surface area contributed by atoms with Crippen molar-refractivity contribution in [3.8, 4) is 0 Å². The molecule has 0 bridgehead atoms. The molecule has 15 heavy (non-hydrogen) atoms. The monoisotopic (exact) mass is 224 g/mol. The van der Waals surface area contributed by atoms with E-state index in [0.717, 1.165) is 29.4 Å². The number of aromatic nitrogens is 2. The van der Waals surface area contributed by atoms with Crippen LogP contribution in [0.2, 0.25) is 0 Å². The minimum absolute atomic E-state index is 0.409. The quantitative estimate of drug-likeness (QED) is 0.783. The molecule has 2 atom stereocenters. The fourth-order valence-corrected chi connectivity index (χ4v) is 2.90. The van der Waals surface area contributed by atoms with Gasteiger partial charge in [-0.05, 0) is 44.3 Å². The zero-order chi connectivity index (χ0) is 10.4. The van der Waals surface area contributed by atoms with Gasteiger partial charge >= 0.3 is 0 Å². The zero-order valence-electron chi connectivity index (χ0n) is 8.90. The second kappa shape index (κ2) is 3.46. The van der Waals surface area contributed by atoms with E-state index in [1.54, 1.807) is 0 Å². The lowest BCUT2D eigenvalue weighted by Crippen LogP contribution is -2.21. The van der Waals surface area contributed by atoms with Crippen LogP contribution in [0.4, 0.5) is 0 Å². The number of aryl methyl sites for hydroxylation is 1. The molecule has 1 aliphatic heterocycles. The van der Waals surface area contributed by atoms with Crippen LogP contribution < -0.4 is 0 Å². The van der Waals surface area contributed by atoms with Gasteiger partial charge < -0.3 is 14.3 Å². The fraction of sp³-hybridized carbons (Fsp3) is 0.727. The maximum atomic E-state index is 5.83. The molecule has 2 aliphatic rings. The van der Waals surface area contributed by atoms with Gasteiger partial charge in [-0.25, -0.2) is 0 Å². The van der Waals surface area contributed by atoms with Crippen LogP contribution in [0.3, 0.4) is 0 Å². The molecule has 82 valence electrons. The highest BCUT2D eigenvalue weighted by molar-refractivity contribution is 7.71. The summed E-state index contributed by atoms with van der Waals surface area (Å²) in [6.45, 7) is 2.94. The molecular formula is C11H16N2OS. The third-order valence-corrected chi connectivity index (χ3v) is 3.73. The first-order valence-corrected chi connectivity index (χ1v) is 6.06. The summed E-state index contributed by atoms with van der Waals surface area (Å²) in [5.74, 6) is 0.787. The third kappa shape index (κ3) is 1.66. The van der Waals surface area contributed by atoms with Gasteiger partial charge in [0.1, 0.15) is 0 Å². The molecular weight excluding hydrogens is 208 g/mol. The van der Waals surface area contributed by atoms with E-state index in [1.165, 1.54) is 12.8 Å². The first kappa shape index (κ1) is 9.60. The highest BCUT2D eigenvalue weighted by Crippen LogP contribution is 2.43. The fourth-order valence-electron chi connectivity index (χ4n) is 2.55. The Kier molecular flexibility index (Phi) is 2.21. The molecule has 4 heteroatoms. The predicted molar refractivity (Wildman–Crippen MR) is 60.5 cm³/mol. The van der Waals surface area contributed by atoms with Gasteiger partial charge in [0.05, 0.1) is 12.1 Å². The first-order valence-electron chi connectivity index (χ1n) is 5.65. The number of H-pyrrole nitrogens is 1. The van der Waals surface area contributed by atoms with Crippen molar-refractivity contribution in [3.63, 3.8) is 0 Å². The molecule has 1 saturated heterocycles. The van der Waals surface area contributed by atoms with Crippen LogP contribution in [-0.4, -0.2) is 22.3 Å². The van der Waals surface area contributed by atoms with E-state index in [0.29, 0.717) is 12.1 Å². The molecule has 2 fully saturated rings. The van der Waals surface area contributed by atoms with Gasteiger partial charge in [-0.15, -0.1) is 0 Å². The minimum Gasteiger partial charge on any atom is -0.376 e. The Morgan fingerprint density at radius 1 is 1.47 bits per heavy atom. The van der Waals surface area contributed by atoms with Gasteiger partial charge in [0.15, 0.2) is 4.77 Å². The standard InChI is InChI=1S/C11H16N2OS/c1-7-6-13(11(15)12-7)9-4-5-14-10(9)8-2-3-8/h6,8-10H,2-5H2,1H3,(H,12,15). The molecule has 1 saturated carbocycles. The number of hydrogen-bond donors (Lipinski definition) is 1. The SMILES string of the molecule is Cc1cn(C2CCOC2C2CC2)c(=S)[nH]1. The predicted octanol–water partition coefficient (Wildman–Crippen LogP) is 2.59. The van der Waals surface area contributed by atoms with E-state index in [-0.39, 0.29) is 0 Å². The van der Waals surface area contributed by atoms with E-state index in [9.17, 15) is 0 Å². The number of imidazole rings is 1. The van der Waals surface area contributed by atoms with Gasteiger partial charge in [0, 0.05) is 18.5 Å². The molecule has 2 heterocycles. The Morgan fingerprint density at radius 3 is 2.87 bits per heavy atom. The number of ether oxygens (including phenoxy) is 1. The van der Waals surface area contributed by atoms with E-state index >= 15 is 0 Å². The van der Waals surface area contributed by atoms with Crippen LogP contribution in [-0.2, 0) is 4.74 Å². The Labute approximate surface area is 94.5 Å². The number of hydrogen-bond acceptors (Lipinski definition) is 2. The Morgan fingerprint density at radius 2 is 2.27 bits per heavy atom. The molecule has 3 nitrogen and oxygen atoms in total. The third-order valence-electron chi connectivity index (χ3n) is 3.42. The highest BCUT2D eigenvalue weighted by Gasteiger charge is 2.41. The summed E-state index contributed by atoms with van der Waals surface area (Å²) in [4.78, 5) is 3.19. The lowest BCUT2D eigenvalue weighted by atomic mass is 10.1. The average molecular weight is 224 g/mol. The largest absolute Gasteiger partial charge is 0.376 e. The average Bonchev–Trinajstić information content (AvgIpc) is 2.83. The van der Waals surface area contributed by atoms with Crippen molar-refractivity contribution in [2.75, 3.05) is 6.61 Å². The molecule has 0 amide bonds. The number of nitrogens with one attached hydrogen (secondary N) is 1. The molecule has 3 rings (SSSR count). The maximum Gasteiger partial charge on any atom is 0.177 e. The van der Waals surface area contributed by atoms with Crippen LogP contribution in [0.5, 0.6) is 0 Å². The molecule has 0 spiro atoms. The summed E-state index contributed by atoms with van der Waals surface area (Å²) in [6.07, 6.45) is 6.30. The summed E-state index contributed by atoms with van der Waals surface area (Å²) in [6, 6.07) is 0.468. The number of nitrogens with zero attached hydrogens (tertiary/aromatic N) is 1. The number of rotatable bonds is 2. The van der Waals surface area contributed by atoms with E-state index < -0.39 is 0 Å². The lowest BCUT2D eigenvalue weighted by Gasteiger charge is -2.19. The first-order chi connectivity index (χ1) is 7.25. The smallest absolute Gasteiger partial charge is 0.177 e. The molecule has 1 N–H and O–H groups in total. The normalized spacial score (nSPS) is 31.0. The maximum absolute atomic E-state index is 5.83. The molecule has 1 aliphatic carbocycles. The van der Waals surface area contributed by atoms with Gasteiger partial charge in [-0.1, -0.05) is 0 Å². The summed E-state index contributed by atoms with van der Waals surface area (Å²) in [5.41, 5.74) is 1.14. The Hall–Kier alpha value is -0.610. The van der Waals surface area contributed by atoms with Crippen molar-refractivity contribution in [1.82, 2.24) is 9.55 Å². The van der Waals surface area contributed by atoms with Crippen LogP contribution in [0.1, 0.15) is 31.0 Å². The lowest BCUT2D eigenvalue weighted by molar-refractivity contribution is 0.0748. The molecule has 1 aromatic rings. The van der Waals surface area contributed by atoms with Gasteiger partial charge in [-0.2, -0.15) is 0 Å². The minimum atomic E-state index is 0.409. The van der Waals surface area contributed by atoms with E-state index in [4.69, 9.17) is 17.0 Å². The summed E-state index contributed by atoms with van der Waals surface area (Å²) < 4.78 is 8.86.